The molecule has 1 aliphatic heterocycles. The Labute approximate surface area is 150 Å². The standard InChI is InChI=1S/C17H18Cl2N2O3/c18-15-6-5-12(9-16(15)19)20-17(22)21(10-13-3-1-7-23-13)11-14-4-2-8-24-14/h1,3,5-7,9,14H,2,4,8,10-11H2,(H,20,22). The number of furan rings is 1. The molecule has 5 nitrogen and oxygen atoms in total. The number of nitrogens with one attached hydrogen (secondary N) is 1. The van der Waals surface area contributed by atoms with E-state index < -0.39 is 0 Å². The lowest BCUT2D eigenvalue weighted by Crippen LogP contribution is -2.39. The average Bonchev–Trinajstić information content (AvgIpc) is 3.24. The molecule has 1 aliphatic rings. The Morgan fingerprint density at radius 1 is 1.29 bits per heavy atom. The van der Waals surface area contributed by atoms with Crippen molar-refractivity contribution >= 4 is 34.9 Å². The van der Waals surface area contributed by atoms with E-state index in [-0.39, 0.29) is 12.1 Å². The number of carbonyl (C=O) groups is 1. The molecule has 2 heterocycles. The summed E-state index contributed by atoms with van der Waals surface area (Å²) in [6, 6.07) is 8.39. The van der Waals surface area contributed by atoms with Crippen LogP contribution < -0.4 is 5.32 Å². The highest BCUT2D eigenvalue weighted by atomic mass is 35.5. The lowest BCUT2D eigenvalue weighted by Gasteiger charge is -2.25. The Hall–Kier alpha value is -1.69. The van der Waals surface area contributed by atoms with Crippen LogP contribution in [0, 0.1) is 0 Å². The molecule has 128 valence electrons. The summed E-state index contributed by atoms with van der Waals surface area (Å²) in [7, 11) is 0. The molecule has 1 N–H and O–H groups in total. The van der Waals surface area contributed by atoms with Crippen LogP contribution in [0.4, 0.5) is 10.5 Å². The zero-order valence-electron chi connectivity index (χ0n) is 13.0. The molecule has 1 atom stereocenters. The van der Waals surface area contributed by atoms with Gasteiger partial charge < -0.3 is 19.4 Å². The van der Waals surface area contributed by atoms with E-state index in [1.807, 2.05) is 6.07 Å². The number of benzene rings is 1. The Morgan fingerprint density at radius 2 is 2.17 bits per heavy atom. The van der Waals surface area contributed by atoms with Crippen molar-refractivity contribution in [3.63, 3.8) is 0 Å². The van der Waals surface area contributed by atoms with Gasteiger partial charge in [-0.25, -0.2) is 4.79 Å². The minimum atomic E-state index is -0.236. The average molecular weight is 369 g/mol. The van der Waals surface area contributed by atoms with Crippen molar-refractivity contribution in [1.82, 2.24) is 4.90 Å². The van der Waals surface area contributed by atoms with Gasteiger partial charge in [-0.05, 0) is 43.2 Å². The summed E-state index contributed by atoms with van der Waals surface area (Å²) < 4.78 is 11.0. The fourth-order valence-electron chi connectivity index (χ4n) is 2.62. The molecule has 1 fully saturated rings. The molecule has 24 heavy (non-hydrogen) atoms. The smallest absolute Gasteiger partial charge is 0.322 e. The highest BCUT2D eigenvalue weighted by molar-refractivity contribution is 6.42. The zero-order valence-corrected chi connectivity index (χ0v) is 14.5. The third-order valence-electron chi connectivity index (χ3n) is 3.83. The van der Waals surface area contributed by atoms with Gasteiger partial charge in [0.1, 0.15) is 5.76 Å². The molecule has 0 bridgehead atoms. The van der Waals surface area contributed by atoms with Gasteiger partial charge >= 0.3 is 6.03 Å². The van der Waals surface area contributed by atoms with Crippen molar-refractivity contribution in [1.29, 1.82) is 0 Å². The first-order valence-electron chi connectivity index (χ1n) is 7.77. The van der Waals surface area contributed by atoms with Gasteiger partial charge in [-0.2, -0.15) is 0 Å². The number of anilines is 1. The minimum absolute atomic E-state index is 0.0551. The van der Waals surface area contributed by atoms with E-state index >= 15 is 0 Å². The molecule has 2 amide bonds. The fourth-order valence-corrected chi connectivity index (χ4v) is 2.92. The van der Waals surface area contributed by atoms with Crippen molar-refractivity contribution in [2.45, 2.75) is 25.5 Å². The normalized spacial score (nSPS) is 17.0. The molecule has 3 rings (SSSR count). The van der Waals surface area contributed by atoms with Crippen molar-refractivity contribution < 1.29 is 13.9 Å². The van der Waals surface area contributed by atoms with Crippen LogP contribution in [0.3, 0.4) is 0 Å². The number of halogens is 2. The maximum Gasteiger partial charge on any atom is 0.322 e. The maximum atomic E-state index is 12.7. The van der Waals surface area contributed by atoms with Crippen molar-refractivity contribution in [2.75, 3.05) is 18.5 Å². The van der Waals surface area contributed by atoms with E-state index in [0.717, 1.165) is 25.2 Å². The SMILES string of the molecule is O=C(Nc1ccc(Cl)c(Cl)c1)N(Cc1ccco1)CC1CCCO1. The number of carbonyl (C=O) groups excluding carboxylic acids is 1. The quantitative estimate of drug-likeness (QED) is 0.824. The van der Waals surface area contributed by atoms with E-state index in [4.69, 9.17) is 32.4 Å². The molecular weight excluding hydrogens is 351 g/mol. The van der Waals surface area contributed by atoms with Crippen LogP contribution in [0.5, 0.6) is 0 Å². The first-order valence-corrected chi connectivity index (χ1v) is 8.52. The minimum Gasteiger partial charge on any atom is -0.467 e. The Balaban J connectivity index is 1.70. The van der Waals surface area contributed by atoms with Crippen LogP contribution in [0.15, 0.2) is 41.0 Å². The topological polar surface area (TPSA) is 54.7 Å². The van der Waals surface area contributed by atoms with Crippen LogP contribution >= 0.6 is 23.2 Å². The van der Waals surface area contributed by atoms with Gasteiger partial charge in [-0.3, -0.25) is 0 Å². The Kier molecular flexibility index (Phi) is 5.66. The third-order valence-corrected chi connectivity index (χ3v) is 4.57. The molecule has 1 saturated heterocycles. The summed E-state index contributed by atoms with van der Waals surface area (Å²) in [6.07, 6.45) is 3.62. The molecule has 2 aromatic rings. The first-order chi connectivity index (χ1) is 11.6. The number of hydrogen-bond acceptors (Lipinski definition) is 3. The maximum absolute atomic E-state index is 12.7. The molecular formula is C17H18Cl2N2O3. The second-order valence-corrected chi connectivity index (χ2v) is 6.47. The monoisotopic (exact) mass is 368 g/mol. The van der Waals surface area contributed by atoms with Gasteiger partial charge in [0.05, 0.1) is 29.0 Å². The molecule has 0 saturated carbocycles. The summed E-state index contributed by atoms with van der Waals surface area (Å²) in [6.45, 7) is 1.63. The number of amides is 2. The number of ether oxygens (including phenoxy) is 1. The van der Waals surface area contributed by atoms with Crippen molar-refractivity contribution in [2.24, 2.45) is 0 Å². The highest BCUT2D eigenvalue weighted by Gasteiger charge is 2.23. The zero-order chi connectivity index (χ0) is 16.9. The molecule has 0 spiro atoms. The first kappa shape index (κ1) is 17.1. The van der Waals surface area contributed by atoms with E-state index in [1.165, 1.54) is 0 Å². The second-order valence-electron chi connectivity index (χ2n) is 5.65. The lowest BCUT2D eigenvalue weighted by atomic mass is 10.2. The number of urea groups is 1. The van der Waals surface area contributed by atoms with Crippen LogP contribution in [0.2, 0.25) is 10.0 Å². The van der Waals surface area contributed by atoms with Crippen LogP contribution in [-0.4, -0.2) is 30.2 Å². The van der Waals surface area contributed by atoms with Gasteiger partial charge in [0.25, 0.3) is 0 Å². The van der Waals surface area contributed by atoms with Gasteiger partial charge in [0.15, 0.2) is 0 Å². The molecule has 1 aromatic carbocycles. The van der Waals surface area contributed by atoms with E-state index in [9.17, 15) is 4.79 Å². The predicted molar refractivity (Wildman–Crippen MR) is 93.6 cm³/mol. The van der Waals surface area contributed by atoms with Crippen LogP contribution in [0.25, 0.3) is 0 Å². The molecule has 0 radical (unpaired) electrons. The van der Waals surface area contributed by atoms with Crippen LogP contribution in [0.1, 0.15) is 18.6 Å². The molecule has 1 aromatic heterocycles. The second kappa shape index (κ2) is 7.92. The van der Waals surface area contributed by atoms with Gasteiger partial charge in [0.2, 0.25) is 0 Å². The summed E-state index contributed by atoms with van der Waals surface area (Å²) in [5, 5.41) is 3.68. The Morgan fingerprint density at radius 3 is 2.83 bits per heavy atom. The Bertz CT molecular complexity index is 685. The summed E-state index contributed by atoms with van der Waals surface area (Å²) in [5.41, 5.74) is 0.589. The van der Waals surface area contributed by atoms with E-state index in [0.29, 0.717) is 28.8 Å². The lowest BCUT2D eigenvalue weighted by molar-refractivity contribution is 0.0803. The predicted octanol–water partition coefficient (Wildman–Crippen LogP) is 4.80. The number of hydrogen-bond donors (Lipinski definition) is 1. The molecule has 1 unspecified atom stereocenters. The molecule has 0 aliphatic carbocycles. The fraction of sp³-hybridized carbons (Fsp3) is 0.353. The third kappa shape index (κ3) is 4.44. The van der Waals surface area contributed by atoms with Crippen LogP contribution in [-0.2, 0) is 11.3 Å². The summed E-state index contributed by atoms with van der Waals surface area (Å²) in [5.74, 6) is 0.720. The van der Waals surface area contributed by atoms with E-state index in [1.54, 1.807) is 35.4 Å². The molecule has 7 heteroatoms. The van der Waals surface area contributed by atoms with Crippen molar-refractivity contribution in [3.05, 3.63) is 52.4 Å². The number of nitrogens with zero attached hydrogens (tertiary/aromatic N) is 1. The number of rotatable bonds is 5. The van der Waals surface area contributed by atoms with E-state index in [2.05, 4.69) is 5.32 Å². The largest absolute Gasteiger partial charge is 0.467 e. The van der Waals surface area contributed by atoms with Crippen molar-refractivity contribution in [3.8, 4) is 0 Å². The highest BCUT2D eigenvalue weighted by Crippen LogP contribution is 2.25. The summed E-state index contributed by atoms with van der Waals surface area (Å²) in [4.78, 5) is 14.3. The van der Waals surface area contributed by atoms with Gasteiger partial charge in [-0.1, -0.05) is 23.2 Å². The van der Waals surface area contributed by atoms with Gasteiger partial charge in [-0.15, -0.1) is 0 Å². The summed E-state index contributed by atoms with van der Waals surface area (Å²) >= 11 is 11.9. The van der Waals surface area contributed by atoms with Gasteiger partial charge in [0, 0.05) is 18.8 Å².